The fourth-order valence-corrected chi connectivity index (χ4v) is 6.39. The first-order valence-electron chi connectivity index (χ1n) is 23.8. The van der Waals surface area contributed by atoms with Crippen molar-refractivity contribution < 1.29 is 70.1 Å². The number of terminal acetylenes is 1. The zero-order valence-electron chi connectivity index (χ0n) is 45.0. The second-order valence-electron chi connectivity index (χ2n) is 15.8. The van der Waals surface area contributed by atoms with Gasteiger partial charge in [0, 0.05) is 81.7 Å². The fraction of sp³-hybridized carbons (Fsp3) is 0.101. The van der Waals surface area contributed by atoms with E-state index in [9.17, 15) is 0 Å². The van der Waals surface area contributed by atoms with Crippen molar-refractivity contribution in [2.45, 2.75) is 48.5 Å². The van der Waals surface area contributed by atoms with E-state index in [-0.39, 0.29) is 40.8 Å². The van der Waals surface area contributed by atoms with E-state index in [1.54, 1.807) is 31.7 Å². The van der Waals surface area contributed by atoms with Gasteiger partial charge in [0.15, 0.2) is 0 Å². The number of hydrogen-bond acceptors (Lipinski definition) is 8. The summed E-state index contributed by atoms with van der Waals surface area (Å²) < 4.78 is 12.2. The number of carboxylic acids is 2. The summed E-state index contributed by atoms with van der Waals surface area (Å²) in [5, 5.41) is 14.8. The molecule has 0 bridgehead atoms. The van der Waals surface area contributed by atoms with Gasteiger partial charge in [0.1, 0.15) is 11.5 Å². The van der Waals surface area contributed by atoms with Gasteiger partial charge in [0.2, 0.25) is 0 Å². The van der Waals surface area contributed by atoms with Crippen LogP contribution in [-0.2, 0) is 50.4 Å². The third-order valence-electron chi connectivity index (χ3n) is 9.80. The Bertz CT molecular complexity index is 3510. The summed E-state index contributed by atoms with van der Waals surface area (Å²) in [4.78, 5) is 35.8. The van der Waals surface area contributed by atoms with E-state index < -0.39 is 11.9 Å². The number of carbonyl (C=O) groups is 2. The van der Waals surface area contributed by atoms with Crippen molar-refractivity contribution in [1.29, 1.82) is 0 Å². The van der Waals surface area contributed by atoms with Crippen LogP contribution in [0.15, 0.2) is 158 Å². The maximum atomic E-state index is 9.00. The maximum absolute atomic E-state index is 9.00. The summed E-state index contributed by atoms with van der Waals surface area (Å²) >= 11 is 0. The van der Waals surface area contributed by atoms with Crippen LogP contribution >= 0.6 is 0 Å². The van der Waals surface area contributed by atoms with Crippen LogP contribution in [0.2, 0.25) is 0 Å². The molecule has 0 unspecified atom stereocenters. The van der Waals surface area contributed by atoms with E-state index in [2.05, 4.69) is 147 Å². The number of aryl methyl sites for hydroxylation is 4. The molecule has 4 heterocycles. The van der Waals surface area contributed by atoms with Crippen LogP contribution in [0.1, 0.15) is 43.0 Å². The van der Waals surface area contributed by atoms with Gasteiger partial charge in [-0.2, -0.15) is 0 Å². The largest absolute Gasteiger partial charge is 2.00 e. The quantitative estimate of drug-likeness (QED) is 0.0857. The summed E-state index contributed by atoms with van der Waals surface area (Å²) in [6.07, 6.45) is 12.1. The molecule has 0 saturated heterocycles. The van der Waals surface area contributed by atoms with Crippen molar-refractivity contribution >= 4 is 11.9 Å². The summed E-state index contributed by atoms with van der Waals surface area (Å²) in [6, 6.07) is 50.2. The van der Waals surface area contributed by atoms with Gasteiger partial charge >= 0.3 is 20.4 Å². The molecular weight excluding hydrogens is 1190 g/mol. The molecule has 8 aromatic rings. The van der Waals surface area contributed by atoms with Crippen molar-refractivity contribution in [3.05, 3.63) is 193 Å². The molecule has 12 heteroatoms. The molecule has 0 amide bonds. The van der Waals surface area contributed by atoms with Crippen molar-refractivity contribution in [1.82, 2.24) is 19.9 Å². The minimum Gasteiger partial charge on any atom is -0.497 e. The molecule has 0 aliphatic heterocycles. The fourth-order valence-electron chi connectivity index (χ4n) is 6.39. The molecule has 2 N–H and O–H groups in total. The second kappa shape index (κ2) is 38.4. The number of nitrogens with zero attached hydrogens (tertiary/aromatic N) is 4. The van der Waals surface area contributed by atoms with Crippen LogP contribution in [-0.4, -0.2) is 42.1 Å². The van der Waals surface area contributed by atoms with E-state index >= 15 is 0 Å². The Labute approximate surface area is 503 Å². The first-order chi connectivity index (χ1) is 38.3. The molecule has 81 heavy (non-hydrogen) atoms. The van der Waals surface area contributed by atoms with Gasteiger partial charge in [-0.05, 0) is 187 Å². The van der Waals surface area contributed by atoms with E-state index in [0.29, 0.717) is 11.5 Å². The Balaban J connectivity index is 0.000000393. The minimum absolute atomic E-state index is 0. The molecule has 0 aliphatic rings. The number of carboxylic acid groups (broad SMARTS) is 2. The topological polar surface area (TPSA) is 145 Å². The van der Waals surface area contributed by atoms with Gasteiger partial charge in [0.25, 0.3) is 11.9 Å². The third kappa shape index (κ3) is 25.7. The Morgan fingerprint density at radius 1 is 0.444 bits per heavy atom. The van der Waals surface area contributed by atoms with Crippen LogP contribution in [0.3, 0.4) is 0 Å². The van der Waals surface area contributed by atoms with Crippen molar-refractivity contribution in [2.75, 3.05) is 0 Å². The summed E-state index contributed by atoms with van der Waals surface area (Å²) in [7, 11) is 0. The third-order valence-corrected chi connectivity index (χ3v) is 9.80. The van der Waals surface area contributed by atoms with Gasteiger partial charge in [-0.25, -0.2) is 0 Å². The van der Waals surface area contributed by atoms with Crippen LogP contribution in [0.5, 0.6) is 23.0 Å². The van der Waals surface area contributed by atoms with Crippen molar-refractivity contribution in [3.8, 4) is 163 Å². The second-order valence-corrected chi connectivity index (χ2v) is 15.8. The van der Waals surface area contributed by atoms with Crippen molar-refractivity contribution in [3.63, 3.8) is 0 Å². The first kappa shape index (κ1) is 66.9. The van der Waals surface area contributed by atoms with Crippen molar-refractivity contribution in [2.24, 2.45) is 0 Å². The molecule has 0 saturated carbocycles. The Hall–Kier alpha value is -10.2. The van der Waals surface area contributed by atoms with Gasteiger partial charge in [-0.1, -0.05) is 80.4 Å². The van der Waals surface area contributed by atoms with Crippen LogP contribution < -0.4 is 9.47 Å². The average Bonchev–Trinajstić information content (AvgIpc) is 3.45. The molecule has 10 nitrogen and oxygen atoms in total. The number of aromatic nitrogens is 4. The molecule has 0 atom stereocenters. The van der Waals surface area contributed by atoms with Crippen LogP contribution in [0.4, 0.5) is 0 Å². The monoisotopic (exact) mass is 1240 g/mol. The number of aliphatic carboxylic acids is 2. The summed E-state index contributed by atoms with van der Waals surface area (Å²) in [6.45, 7) is 12.1. The maximum Gasteiger partial charge on any atom is 2.00 e. The summed E-state index contributed by atoms with van der Waals surface area (Å²) in [5.41, 5.74) is 12.2. The van der Waals surface area contributed by atoms with E-state index in [1.807, 2.05) is 135 Å². The Morgan fingerprint density at radius 3 is 1.06 bits per heavy atom. The molecule has 0 radical (unpaired) electrons. The number of benzene rings is 4. The van der Waals surface area contributed by atoms with Crippen LogP contribution in [0.25, 0.3) is 45.0 Å². The Morgan fingerprint density at radius 2 is 0.753 bits per heavy atom. The van der Waals surface area contributed by atoms with E-state index in [4.69, 9.17) is 35.7 Å². The standard InChI is InChI=1S/C24H20N2O.C24H18N2O.C17H4.2C2H4O2.2Pd/c2*1-17-9-11-19(15-21(17)23-7-3-5-13-25-23)27-20-12-10-18(2)22(16-20)24-8-4-6-14-26-24;1-3-5-7-9-11-13-15-17-16-14-12-10-8-6-4-2;2*1-2(3)4;;/h3-16H,1-2H3;3-14H,1-2H3;1H,2H3;2*1H3,(H,3,4);;/q;-2;;;;;+2. The smallest absolute Gasteiger partial charge is 0.497 e. The SMILES string of the molecule is C#CC#CC#CC#CC#CC#CC#CC#CC.CC(=O)O.CC(=O)O.Cc1ccc(Oc2[c-]c(-c3ccccn3)c(C)cc2)[c-]c1-c1ccccn1.Cc1ccc(Oc2ccc(C)c(-c3ccccn3)c2)cc1-c1ccccn1.[Pd+2].[Pd]. The molecule has 0 aliphatic carbocycles. The van der Waals surface area contributed by atoms with Gasteiger partial charge < -0.3 is 29.7 Å². The number of hydrogen-bond donors (Lipinski definition) is 2. The zero-order chi connectivity index (χ0) is 57.0. The molecule has 4 aromatic heterocycles. The molecule has 402 valence electrons. The summed E-state index contributed by atoms with van der Waals surface area (Å²) in [5.74, 6) is 38.1. The van der Waals surface area contributed by atoms with Gasteiger partial charge in [-0.15, -0.1) is 52.9 Å². The zero-order valence-corrected chi connectivity index (χ0v) is 48.1. The number of rotatable bonds is 8. The number of ether oxygens (including phenoxy) is 2. The van der Waals surface area contributed by atoms with Gasteiger partial charge in [0.05, 0.1) is 11.4 Å². The van der Waals surface area contributed by atoms with Crippen LogP contribution in [0, 0.1) is 135 Å². The molecule has 0 spiro atoms. The molecule has 4 aromatic carbocycles. The predicted molar refractivity (Wildman–Crippen MR) is 311 cm³/mol. The molecular formula is C69H50N4O6Pd2. The minimum atomic E-state index is -0.833. The predicted octanol–water partition coefficient (Wildman–Crippen LogP) is 12.9. The normalized spacial score (nSPS) is 8.47. The van der Waals surface area contributed by atoms with Gasteiger partial charge in [-0.3, -0.25) is 19.6 Å². The average molecular weight is 1240 g/mol. The Kier molecular flexibility index (Phi) is 31.7. The van der Waals surface area contributed by atoms with E-state index in [1.165, 1.54) is 11.1 Å². The first-order valence-corrected chi connectivity index (χ1v) is 23.8. The molecule has 0 fully saturated rings. The number of pyridine rings is 4. The molecule has 8 rings (SSSR count). The van der Waals surface area contributed by atoms with E-state index in [0.717, 1.165) is 81.5 Å².